The molecule has 7 heteroatoms. The van der Waals surface area contributed by atoms with Crippen LogP contribution in [0.15, 0.2) is 0 Å². The number of amides is 1. The van der Waals surface area contributed by atoms with Gasteiger partial charge in [0.2, 0.25) is 15.9 Å². The maximum absolute atomic E-state index is 11.4. The van der Waals surface area contributed by atoms with Gasteiger partial charge in [-0.1, -0.05) is 0 Å². The molecule has 0 spiro atoms. The fraction of sp³-hybridized carbons (Fsp3) is 0.889. The molecule has 3 N–H and O–H groups in total. The highest BCUT2D eigenvalue weighted by Crippen LogP contribution is 2.11. The van der Waals surface area contributed by atoms with Crippen molar-refractivity contribution in [2.75, 3.05) is 19.4 Å². The predicted octanol–water partition coefficient (Wildman–Crippen LogP) is -0.404. The van der Waals surface area contributed by atoms with Crippen LogP contribution in [-0.2, 0) is 19.6 Å². The van der Waals surface area contributed by atoms with Gasteiger partial charge in [0, 0.05) is 13.7 Å². The van der Waals surface area contributed by atoms with Crippen molar-refractivity contribution in [2.45, 2.75) is 32.3 Å². The average molecular weight is 252 g/mol. The first-order valence-corrected chi connectivity index (χ1v) is 6.70. The number of methoxy groups -OCH3 is 1. The Morgan fingerprint density at radius 1 is 1.44 bits per heavy atom. The molecule has 16 heavy (non-hydrogen) atoms. The minimum Gasteiger partial charge on any atom is -0.378 e. The molecule has 0 saturated carbocycles. The van der Waals surface area contributed by atoms with Gasteiger partial charge in [0.05, 0.1) is 17.8 Å². The van der Waals surface area contributed by atoms with Gasteiger partial charge in [-0.2, -0.15) is 0 Å². The van der Waals surface area contributed by atoms with Crippen molar-refractivity contribution in [1.29, 1.82) is 0 Å². The number of hydrogen-bond donors (Lipinski definition) is 2. The second-order valence-corrected chi connectivity index (χ2v) is 5.95. The van der Waals surface area contributed by atoms with Gasteiger partial charge in [0.25, 0.3) is 0 Å². The van der Waals surface area contributed by atoms with Crippen molar-refractivity contribution in [3.63, 3.8) is 0 Å². The van der Waals surface area contributed by atoms with Crippen LogP contribution >= 0.6 is 0 Å². The molecule has 0 aliphatic carbocycles. The molecular formula is C9H20N2O4S. The number of carbonyl (C=O) groups excluding carboxylic acids is 1. The first kappa shape index (κ1) is 15.3. The maximum atomic E-state index is 11.4. The van der Waals surface area contributed by atoms with E-state index in [0.717, 1.165) is 0 Å². The quantitative estimate of drug-likeness (QED) is 0.602. The van der Waals surface area contributed by atoms with Crippen LogP contribution in [0, 0.1) is 0 Å². The van der Waals surface area contributed by atoms with Crippen LogP contribution in [0.4, 0.5) is 0 Å². The molecule has 0 unspecified atom stereocenters. The van der Waals surface area contributed by atoms with E-state index in [-0.39, 0.29) is 18.1 Å². The molecule has 0 heterocycles. The third-order valence-corrected chi connectivity index (χ3v) is 2.92. The molecule has 0 atom stereocenters. The third-order valence-electron chi connectivity index (χ3n) is 2.07. The smallest absolute Gasteiger partial charge is 0.222 e. The topological polar surface area (TPSA) is 98.5 Å². The van der Waals surface area contributed by atoms with E-state index < -0.39 is 15.6 Å². The summed E-state index contributed by atoms with van der Waals surface area (Å²) < 4.78 is 26.3. The summed E-state index contributed by atoms with van der Waals surface area (Å²) in [6, 6.07) is 0. The predicted molar refractivity (Wildman–Crippen MR) is 61.3 cm³/mol. The number of nitrogens with one attached hydrogen (secondary N) is 1. The van der Waals surface area contributed by atoms with Crippen LogP contribution < -0.4 is 10.5 Å². The fourth-order valence-corrected chi connectivity index (χ4v) is 1.57. The van der Waals surface area contributed by atoms with Crippen molar-refractivity contribution >= 4 is 15.9 Å². The fourth-order valence-electron chi connectivity index (χ4n) is 1.02. The van der Waals surface area contributed by atoms with E-state index in [0.29, 0.717) is 13.0 Å². The molecule has 0 fully saturated rings. The van der Waals surface area contributed by atoms with E-state index in [4.69, 9.17) is 9.88 Å². The standard InChI is InChI=1S/C9H20N2O4S/c1-9(2,15-3)7-8(12)11-5-4-6-16(10,13)14/h4-7H2,1-3H3,(H,11,12)(H2,10,13,14). The van der Waals surface area contributed by atoms with Crippen molar-refractivity contribution in [3.05, 3.63) is 0 Å². The highest BCUT2D eigenvalue weighted by atomic mass is 32.2. The summed E-state index contributed by atoms with van der Waals surface area (Å²) >= 11 is 0. The van der Waals surface area contributed by atoms with Crippen LogP contribution in [0.3, 0.4) is 0 Å². The first-order valence-electron chi connectivity index (χ1n) is 4.98. The second kappa shape index (κ2) is 6.17. The van der Waals surface area contributed by atoms with Crippen LogP contribution in [-0.4, -0.2) is 39.3 Å². The summed E-state index contributed by atoms with van der Waals surface area (Å²) in [5.74, 6) is -0.290. The lowest BCUT2D eigenvalue weighted by Crippen LogP contribution is -2.34. The second-order valence-electron chi connectivity index (χ2n) is 4.21. The number of nitrogens with two attached hydrogens (primary N) is 1. The number of ether oxygens (including phenoxy) is 1. The molecular weight excluding hydrogens is 232 g/mol. The summed E-state index contributed by atoms with van der Waals surface area (Å²) in [5, 5.41) is 7.42. The molecule has 0 radical (unpaired) electrons. The molecule has 6 nitrogen and oxygen atoms in total. The largest absolute Gasteiger partial charge is 0.378 e. The van der Waals surface area contributed by atoms with Crippen LogP contribution in [0.5, 0.6) is 0 Å². The number of sulfonamides is 1. The summed E-state index contributed by atoms with van der Waals surface area (Å²) in [6.45, 7) is 3.91. The SMILES string of the molecule is COC(C)(C)CC(=O)NCCCS(N)(=O)=O. The molecule has 96 valence electrons. The molecule has 0 bridgehead atoms. The van der Waals surface area contributed by atoms with Gasteiger partial charge in [-0.05, 0) is 20.3 Å². The molecule has 0 aromatic heterocycles. The molecule has 0 aliphatic heterocycles. The Bertz CT molecular complexity index is 324. The van der Waals surface area contributed by atoms with Gasteiger partial charge in [-0.25, -0.2) is 13.6 Å². The molecule has 0 aromatic rings. The minimum atomic E-state index is -3.44. The van der Waals surface area contributed by atoms with Gasteiger partial charge in [-0.3, -0.25) is 4.79 Å². The van der Waals surface area contributed by atoms with Crippen molar-refractivity contribution in [3.8, 4) is 0 Å². The summed E-state index contributed by atoms with van der Waals surface area (Å²) in [6.07, 6.45) is 0.552. The lowest BCUT2D eigenvalue weighted by atomic mass is 10.1. The van der Waals surface area contributed by atoms with E-state index >= 15 is 0 Å². The van der Waals surface area contributed by atoms with Gasteiger partial charge < -0.3 is 10.1 Å². The van der Waals surface area contributed by atoms with Gasteiger partial charge in [-0.15, -0.1) is 0 Å². The van der Waals surface area contributed by atoms with E-state index in [1.165, 1.54) is 7.11 Å². The molecule has 1 amide bonds. The number of carbonyl (C=O) groups is 1. The normalized spacial score (nSPS) is 12.5. The zero-order valence-electron chi connectivity index (χ0n) is 9.95. The summed E-state index contributed by atoms with van der Waals surface area (Å²) in [7, 11) is -1.90. The minimum absolute atomic E-state index is 0.124. The van der Waals surface area contributed by atoms with E-state index in [1.54, 1.807) is 13.8 Å². The monoisotopic (exact) mass is 252 g/mol. The van der Waals surface area contributed by atoms with E-state index in [1.807, 2.05) is 0 Å². The van der Waals surface area contributed by atoms with Crippen LogP contribution in [0.2, 0.25) is 0 Å². The molecule has 0 aliphatic rings. The Balaban J connectivity index is 3.75. The Labute approximate surface area is 96.6 Å². The highest BCUT2D eigenvalue weighted by Gasteiger charge is 2.20. The first-order chi connectivity index (χ1) is 7.16. The zero-order chi connectivity index (χ0) is 12.8. The van der Waals surface area contributed by atoms with Crippen LogP contribution in [0.1, 0.15) is 26.7 Å². The molecule has 0 rings (SSSR count). The maximum Gasteiger partial charge on any atom is 0.222 e. The molecule has 0 saturated heterocycles. The number of primary sulfonamides is 1. The van der Waals surface area contributed by atoms with Crippen LogP contribution in [0.25, 0.3) is 0 Å². The molecule has 0 aromatic carbocycles. The Morgan fingerprint density at radius 3 is 2.44 bits per heavy atom. The zero-order valence-corrected chi connectivity index (χ0v) is 10.8. The Morgan fingerprint density at radius 2 is 2.00 bits per heavy atom. The van der Waals surface area contributed by atoms with E-state index in [9.17, 15) is 13.2 Å². The summed E-state index contributed by atoms with van der Waals surface area (Å²) in [5.41, 5.74) is -0.510. The van der Waals surface area contributed by atoms with E-state index in [2.05, 4.69) is 5.32 Å². The number of rotatable bonds is 7. The number of hydrogen-bond acceptors (Lipinski definition) is 4. The lowest BCUT2D eigenvalue weighted by Gasteiger charge is -2.21. The van der Waals surface area contributed by atoms with Crippen molar-refractivity contribution in [1.82, 2.24) is 5.32 Å². The van der Waals surface area contributed by atoms with Gasteiger partial charge in [0.1, 0.15) is 0 Å². The highest BCUT2D eigenvalue weighted by molar-refractivity contribution is 7.89. The Hall–Kier alpha value is -0.660. The van der Waals surface area contributed by atoms with Gasteiger partial charge in [0.15, 0.2) is 0 Å². The average Bonchev–Trinajstić information content (AvgIpc) is 2.10. The third kappa shape index (κ3) is 8.63. The lowest BCUT2D eigenvalue weighted by molar-refractivity contribution is -0.126. The van der Waals surface area contributed by atoms with Crippen molar-refractivity contribution in [2.24, 2.45) is 5.14 Å². The summed E-state index contributed by atoms with van der Waals surface area (Å²) in [4.78, 5) is 11.4. The van der Waals surface area contributed by atoms with Crippen molar-refractivity contribution < 1.29 is 17.9 Å². The Kier molecular flexibility index (Phi) is 5.91. The van der Waals surface area contributed by atoms with Gasteiger partial charge >= 0.3 is 0 Å².